The Hall–Kier alpha value is -1.36. The normalized spacial score (nSPS) is 17.3. The summed E-state index contributed by atoms with van der Waals surface area (Å²) in [5.74, 6) is -0.716. The second-order valence-electron chi connectivity index (χ2n) is 6.30. The molecule has 1 aromatic rings. The number of carbonyl (C=O) groups is 1. The molecular weight excluding hydrogens is 286 g/mol. The van der Waals surface area contributed by atoms with Gasteiger partial charge in [-0.2, -0.15) is 0 Å². The molecular formula is C16H23NO3S. The molecule has 0 aliphatic heterocycles. The smallest absolute Gasteiger partial charge is 0.235 e. The molecule has 2 rings (SSSR count). The van der Waals surface area contributed by atoms with Crippen LogP contribution < -0.4 is 5.32 Å². The van der Waals surface area contributed by atoms with Gasteiger partial charge in [0.1, 0.15) is 5.75 Å². The lowest BCUT2D eigenvalue weighted by atomic mass is 9.72. The Morgan fingerprint density at radius 1 is 1.24 bits per heavy atom. The zero-order valence-corrected chi connectivity index (χ0v) is 13.4. The molecule has 5 heteroatoms. The van der Waals surface area contributed by atoms with Gasteiger partial charge in [0.05, 0.1) is 11.3 Å². The van der Waals surface area contributed by atoms with Crippen molar-refractivity contribution in [1.29, 1.82) is 0 Å². The minimum atomic E-state index is -3.33. The van der Waals surface area contributed by atoms with E-state index in [-0.39, 0.29) is 23.1 Å². The molecule has 0 aromatic heterocycles. The molecule has 1 saturated carbocycles. The van der Waals surface area contributed by atoms with Crippen LogP contribution in [0.5, 0.6) is 0 Å². The lowest BCUT2D eigenvalue weighted by molar-refractivity contribution is -0.121. The highest BCUT2D eigenvalue weighted by Gasteiger charge is 2.40. The van der Waals surface area contributed by atoms with E-state index in [1.165, 1.54) is 0 Å². The highest BCUT2D eigenvalue weighted by Crippen LogP contribution is 2.41. The van der Waals surface area contributed by atoms with E-state index >= 15 is 0 Å². The first-order chi connectivity index (χ1) is 9.83. The number of nitrogens with one attached hydrogen (secondary N) is 1. The van der Waals surface area contributed by atoms with Crippen LogP contribution in [0, 0.1) is 5.92 Å². The molecule has 4 nitrogen and oxygen atoms in total. The number of sulfone groups is 1. The molecule has 0 saturated heterocycles. The number of benzene rings is 1. The van der Waals surface area contributed by atoms with E-state index in [0.29, 0.717) is 0 Å². The summed E-state index contributed by atoms with van der Waals surface area (Å²) in [4.78, 5) is 12.1. The van der Waals surface area contributed by atoms with Crippen LogP contribution in [0.2, 0.25) is 0 Å². The molecule has 1 amide bonds. The largest absolute Gasteiger partial charge is 0.346 e. The minimum absolute atomic E-state index is 0.0367. The highest BCUT2D eigenvalue weighted by atomic mass is 32.2. The molecule has 0 spiro atoms. The zero-order valence-electron chi connectivity index (χ0n) is 12.6. The molecule has 0 unspecified atom stereocenters. The molecule has 0 radical (unpaired) electrons. The molecule has 0 bridgehead atoms. The van der Waals surface area contributed by atoms with Gasteiger partial charge >= 0.3 is 0 Å². The molecule has 1 aliphatic rings. The van der Waals surface area contributed by atoms with Crippen molar-refractivity contribution >= 4 is 15.7 Å². The van der Waals surface area contributed by atoms with Crippen LogP contribution in [-0.4, -0.2) is 25.8 Å². The number of hydrogen-bond acceptors (Lipinski definition) is 3. The van der Waals surface area contributed by atoms with Gasteiger partial charge in [-0.05, 0) is 30.7 Å². The zero-order chi connectivity index (χ0) is 15.5. The molecule has 116 valence electrons. The van der Waals surface area contributed by atoms with E-state index < -0.39 is 15.6 Å². The van der Waals surface area contributed by atoms with Gasteiger partial charge in [0, 0.05) is 0 Å². The summed E-state index contributed by atoms with van der Waals surface area (Å²) in [6.07, 6.45) is 2.79. The molecule has 1 aliphatic carbocycles. The standard InChI is InChI=1S/C16H23NO3S/c1-13(2)11-21(19,20)12-15(18)17-16(9-6-10-16)14-7-4-3-5-8-14/h3-5,7-8,13H,6,9-12H2,1-2H3,(H,17,18). The van der Waals surface area contributed by atoms with E-state index in [1.54, 1.807) is 0 Å². The molecule has 21 heavy (non-hydrogen) atoms. The number of hydrogen-bond donors (Lipinski definition) is 1. The van der Waals surface area contributed by atoms with Crippen molar-refractivity contribution in [1.82, 2.24) is 5.32 Å². The molecule has 1 fully saturated rings. The molecule has 1 aromatic carbocycles. The summed E-state index contributed by atoms with van der Waals surface area (Å²) in [5.41, 5.74) is 0.692. The fourth-order valence-corrected chi connectivity index (χ4v) is 4.45. The van der Waals surface area contributed by atoms with E-state index in [2.05, 4.69) is 5.32 Å². The molecule has 0 atom stereocenters. The summed E-state index contributed by atoms with van der Waals surface area (Å²) in [6, 6.07) is 9.79. The summed E-state index contributed by atoms with van der Waals surface area (Å²) in [6.45, 7) is 3.68. The number of amides is 1. The molecule has 1 N–H and O–H groups in total. The van der Waals surface area contributed by atoms with Crippen molar-refractivity contribution in [2.75, 3.05) is 11.5 Å². The SMILES string of the molecule is CC(C)CS(=O)(=O)CC(=O)NC1(c2ccccc2)CCC1. The Balaban J connectivity index is 2.05. The number of carbonyl (C=O) groups excluding carboxylic acids is 1. The van der Waals surface area contributed by atoms with E-state index in [9.17, 15) is 13.2 Å². The minimum Gasteiger partial charge on any atom is -0.346 e. The predicted octanol–water partition coefficient (Wildman–Crippen LogP) is 2.25. The average molecular weight is 309 g/mol. The summed E-state index contributed by atoms with van der Waals surface area (Å²) < 4.78 is 23.8. The number of rotatable bonds is 6. The van der Waals surface area contributed by atoms with Crippen molar-refractivity contribution in [3.8, 4) is 0 Å². The van der Waals surface area contributed by atoms with Gasteiger partial charge in [0.25, 0.3) is 0 Å². The fourth-order valence-electron chi connectivity index (χ4n) is 2.84. The Morgan fingerprint density at radius 3 is 2.33 bits per heavy atom. The molecule has 0 heterocycles. The van der Waals surface area contributed by atoms with Crippen molar-refractivity contribution in [2.45, 2.75) is 38.6 Å². The van der Waals surface area contributed by atoms with Crippen molar-refractivity contribution in [3.05, 3.63) is 35.9 Å². The van der Waals surface area contributed by atoms with Gasteiger partial charge < -0.3 is 5.32 Å². The van der Waals surface area contributed by atoms with Crippen molar-refractivity contribution in [3.63, 3.8) is 0 Å². The van der Waals surface area contributed by atoms with Gasteiger partial charge in [-0.25, -0.2) is 8.42 Å². The van der Waals surface area contributed by atoms with E-state index in [1.807, 2.05) is 44.2 Å². The first-order valence-electron chi connectivity index (χ1n) is 7.40. The second-order valence-corrected chi connectivity index (χ2v) is 8.41. The van der Waals surface area contributed by atoms with Crippen LogP contribution in [0.3, 0.4) is 0 Å². The van der Waals surface area contributed by atoms with Crippen LogP contribution in [0.25, 0.3) is 0 Å². The van der Waals surface area contributed by atoms with Crippen molar-refractivity contribution < 1.29 is 13.2 Å². The van der Waals surface area contributed by atoms with E-state index in [4.69, 9.17) is 0 Å². The summed E-state index contributed by atoms with van der Waals surface area (Å²) in [7, 11) is -3.33. The van der Waals surface area contributed by atoms with E-state index in [0.717, 1.165) is 24.8 Å². The second kappa shape index (κ2) is 6.18. The lowest BCUT2D eigenvalue weighted by Gasteiger charge is -2.43. The Kier molecular flexibility index (Phi) is 4.71. The van der Waals surface area contributed by atoms with Gasteiger partial charge in [-0.3, -0.25) is 4.79 Å². The van der Waals surface area contributed by atoms with Crippen molar-refractivity contribution in [2.24, 2.45) is 5.92 Å². The maximum absolute atomic E-state index is 12.1. The lowest BCUT2D eigenvalue weighted by Crippen LogP contribution is -2.52. The fraction of sp³-hybridized carbons (Fsp3) is 0.562. The maximum Gasteiger partial charge on any atom is 0.235 e. The average Bonchev–Trinajstić information content (AvgIpc) is 2.32. The topological polar surface area (TPSA) is 63.2 Å². The third-order valence-corrected chi connectivity index (χ3v) is 5.73. The van der Waals surface area contributed by atoms with Gasteiger partial charge in [-0.15, -0.1) is 0 Å². The quantitative estimate of drug-likeness (QED) is 0.876. The van der Waals surface area contributed by atoms with Crippen LogP contribution in [-0.2, 0) is 20.2 Å². The van der Waals surface area contributed by atoms with Gasteiger partial charge in [0.15, 0.2) is 9.84 Å². The third kappa shape index (κ3) is 4.06. The summed E-state index contributed by atoms with van der Waals surface area (Å²) >= 11 is 0. The Morgan fingerprint density at radius 2 is 1.86 bits per heavy atom. The van der Waals surface area contributed by atoms with Crippen LogP contribution >= 0.6 is 0 Å². The van der Waals surface area contributed by atoms with Gasteiger partial charge in [-0.1, -0.05) is 44.2 Å². The first kappa shape index (κ1) is 16.0. The highest BCUT2D eigenvalue weighted by molar-refractivity contribution is 7.92. The predicted molar refractivity (Wildman–Crippen MR) is 83.6 cm³/mol. The van der Waals surface area contributed by atoms with Crippen LogP contribution in [0.4, 0.5) is 0 Å². The Labute approximate surface area is 126 Å². The van der Waals surface area contributed by atoms with Crippen LogP contribution in [0.15, 0.2) is 30.3 Å². The summed E-state index contributed by atoms with van der Waals surface area (Å²) in [5, 5.41) is 2.96. The maximum atomic E-state index is 12.1. The third-order valence-electron chi connectivity index (χ3n) is 3.85. The van der Waals surface area contributed by atoms with Gasteiger partial charge in [0.2, 0.25) is 5.91 Å². The Bertz CT molecular complexity index is 589. The van der Waals surface area contributed by atoms with Crippen LogP contribution in [0.1, 0.15) is 38.7 Å². The first-order valence-corrected chi connectivity index (χ1v) is 9.22. The monoisotopic (exact) mass is 309 g/mol.